The number of allylic oxidation sites excluding steroid dienone is 1. The highest BCUT2D eigenvalue weighted by atomic mass is 35.5. The van der Waals surface area contributed by atoms with E-state index in [4.69, 9.17) is 116 Å². The van der Waals surface area contributed by atoms with Crippen molar-refractivity contribution in [2.24, 2.45) is 10.7 Å². The van der Waals surface area contributed by atoms with Gasteiger partial charge in [-0.05, 0) is 161 Å². The summed E-state index contributed by atoms with van der Waals surface area (Å²) >= 11 is 9.97. The second-order valence-corrected chi connectivity index (χ2v) is 30.0. The fourth-order valence-electron chi connectivity index (χ4n) is 14.0. The minimum absolute atomic E-state index is 0. The van der Waals surface area contributed by atoms with Crippen molar-refractivity contribution in [3.63, 3.8) is 0 Å². The van der Waals surface area contributed by atoms with Crippen LogP contribution in [0.2, 0.25) is 0 Å². The highest BCUT2D eigenvalue weighted by molar-refractivity contribution is 6.69. The van der Waals surface area contributed by atoms with Gasteiger partial charge in [-0.15, -0.1) is 24.0 Å². The highest BCUT2D eigenvalue weighted by Crippen LogP contribution is 2.53. The number of esters is 2. The standard InChI is InChI=1S/2C18H19N3O4.C15H16N2O4.C11H11NO4.C8H6O3.C6H15N.C4H5N.C3H4Cl2O.C2H7N.CO2.3CH4.ClH/c2*1-10-16(22)21-12(17(23)20(10)4)8-18(2,19-3)15(21)11-5-6-13-14(7-11)25-9-24-13;1-15(16-2)7-10(14(18)19-3)17-13(15)9-4-5-11-12(6-9)21-8-20-11;1-14-11(13)6-12-5-8-2-3-9-10(4-8)16-7-15-9;9-4-6-1-2-7-8(3-6)11-5-10-7;1-4-7(5-2)6-3;1-4(2)3-5;1-2(4)3(5)6;1-2-3;2-1-3;;;;/h2*5-7,10,12,15H,8-9H2,1-2,4H3;4-6,10,13,17H,7-8H2,1,3H3;2-5H,6-7H2,1H3;1-4H,5H2;4-6H2,1-3H3;1H2,2H3;2H,1H3;2-3H2,1H3;;3*1H4;1H/t10-,12?,15?,18+;10-,12?,15?,18-;10-,13?,15-;;;;;;;;;;;/m100.........../s1. The molecule has 0 radical (unpaired) electrons. The SMILES string of the molecule is C.C.C.C=C(C)C#N.CC(Cl)C(=O)Cl.CCN.CCN(CC)CC.COC(=O)CN=Cc1ccc2c(c1)OCO2.Cl.O=C=O.O=Cc1ccc2c(c1)OCO2.[C-]#[N+][C@@]1(C)CC2C(=O)N(C)[C@@H](C)C(=O)N2C1c1ccc2c(c1)OCO2.[C-]#[N+][C@@]1(C)CC2C(=O)N(C)[C@H](C)C(=O)N2C1c1ccc2c(c1)OCO2.[C-]#[N+][C@@]1(C)C[C@@H](C(=O)OC)NC1c1ccc2c(c1)OCO2. The number of fused-ring (bicyclic) bond motifs is 7. The van der Waals surface area contributed by atoms with Crippen molar-refractivity contribution >= 4 is 95.1 Å². The lowest BCUT2D eigenvalue weighted by Crippen LogP contribution is -2.60. The Hall–Kier alpha value is -12.2. The van der Waals surface area contributed by atoms with Gasteiger partial charge < -0.3 is 102 Å². The van der Waals surface area contributed by atoms with Crippen LogP contribution in [0.3, 0.4) is 0 Å². The zero-order valence-corrected chi connectivity index (χ0v) is 73.4. The van der Waals surface area contributed by atoms with Crippen LogP contribution in [0.5, 0.6) is 57.5 Å². The van der Waals surface area contributed by atoms with Gasteiger partial charge in [-0.3, -0.25) is 48.7 Å². The van der Waals surface area contributed by atoms with E-state index in [1.54, 1.807) is 81.2 Å². The van der Waals surface area contributed by atoms with Crippen LogP contribution in [0.15, 0.2) is 108 Å². The van der Waals surface area contributed by atoms with Crippen molar-refractivity contribution in [2.75, 3.05) is 95.0 Å². The Morgan fingerprint density at radius 2 is 0.929 bits per heavy atom. The van der Waals surface area contributed by atoms with Crippen molar-refractivity contribution in [2.45, 2.75) is 188 Å². The van der Waals surface area contributed by atoms with E-state index < -0.39 is 69.5 Å². The Bertz CT molecular complexity index is 4690. The topological polar surface area (TPSA) is 385 Å². The summed E-state index contributed by atoms with van der Waals surface area (Å²) in [5, 5.41) is 9.95. The number of halogens is 3. The number of aldehydes is 1. The first-order valence-corrected chi connectivity index (χ1v) is 39.4. The maximum absolute atomic E-state index is 13.0. The molecule has 37 heteroatoms. The minimum Gasteiger partial charge on any atom is -0.468 e. The zero-order valence-electron chi connectivity index (χ0n) is 71.1. The Morgan fingerprint density at radius 1 is 0.611 bits per heavy atom. The van der Waals surface area contributed by atoms with Crippen molar-refractivity contribution in [3.8, 4) is 63.6 Å². The number of ether oxygens (including phenoxy) is 12. The van der Waals surface area contributed by atoms with Gasteiger partial charge >= 0.3 is 18.1 Å². The average Bonchev–Trinajstić information content (AvgIpc) is 1.57. The molecule has 0 saturated carbocycles. The molecule has 0 spiro atoms. The van der Waals surface area contributed by atoms with Gasteiger partial charge in [0.15, 0.2) is 57.5 Å². The Balaban J connectivity index is 0.000000504. The molecule has 6 unspecified atom stereocenters. The first kappa shape index (κ1) is 110. The fourth-order valence-corrected chi connectivity index (χ4v) is 14.0. The first-order valence-electron chi connectivity index (χ1n) is 38.6. The summed E-state index contributed by atoms with van der Waals surface area (Å²) < 4.78 is 62.0. The van der Waals surface area contributed by atoms with Gasteiger partial charge in [0.1, 0.15) is 66.5 Å². The molecule has 10 aliphatic rings. The number of benzene rings is 5. The number of aliphatic imine (C=N–C) groups is 1. The molecule has 684 valence electrons. The zero-order chi connectivity index (χ0) is 90.5. The number of nitrogens with one attached hydrogen (secondary N) is 1. The van der Waals surface area contributed by atoms with Crippen LogP contribution in [-0.4, -0.2) is 231 Å². The molecular formula is C89H115Cl3N12O22. The van der Waals surface area contributed by atoms with Crippen LogP contribution >= 0.6 is 35.6 Å². The van der Waals surface area contributed by atoms with Crippen molar-refractivity contribution < 1.29 is 105 Å². The highest BCUT2D eigenvalue weighted by Gasteiger charge is 2.64. The van der Waals surface area contributed by atoms with E-state index in [1.807, 2.05) is 94.4 Å². The van der Waals surface area contributed by atoms with Crippen LogP contribution in [0.4, 0.5) is 0 Å². The number of carbonyl (C=O) groups excluding carboxylic acids is 10. The molecule has 10 aliphatic heterocycles. The summed E-state index contributed by atoms with van der Waals surface area (Å²) in [6, 6.07) is 24.9. The number of hydrogen-bond acceptors (Lipinski definition) is 27. The fraction of sp³-hybridized carbons (Fsp3) is 0.483. The van der Waals surface area contributed by atoms with E-state index in [9.17, 15) is 38.4 Å². The van der Waals surface area contributed by atoms with Gasteiger partial charge in [-0.25, -0.2) is 19.7 Å². The summed E-state index contributed by atoms with van der Waals surface area (Å²) in [5.41, 5.74) is 6.93. The lowest BCUT2D eigenvalue weighted by molar-refractivity contribution is -0.192. The summed E-state index contributed by atoms with van der Waals surface area (Å²) in [4.78, 5) is 134. The summed E-state index contributed by atoms with van der Waals surface area (Å²) in [5.74, 6) is 5.49. The average molecular weight is 1810 g/mol. The number of rotatable bonds is 12. The molecule has 5 saturated heterocycles. The smallest absolute Gasteiger partial charge is 0.373 e. The van der Waals surface area contributed by atoms with Crippen molar-refractivity contribution in [3.05, 3.63) is 165 Å². The maximum Gasteiger partial charge on any atom is 0.373 e. The molecule has 4 amide bonds. The molecule has 0 aliphatic carbocycles. The van der Waals surface area contributed by atoms with E-state index in [1.165, 1.54) is 50.6 Å². The number of piperazine rings is 2. The molecule has 34 nitrogen and oxygen atoms in total. The second-order valence-electron chi connectivity index (χ2n) is 28.9. The number of methoxy groups -OCH3 is 2. The van der Waals surface area contributed by atoms with Crippen LogP contribution in [0.1, 0.15) is 168 Å². The van der Waals surface area contributed by atoms with Gasteiger partial charge in [0.25, 0.3) is 16.6 Å². The van der Waals surface area contributed by atoms with E-state index in [0.717, 1.165) is 40.8 Å². The van der Waals surface area contributed by atoms with E-state index >= 15 is 0 Å². The number of nitriles is 1. The summed E-state index contributed by atoms with van der Waals surface area (Å²) in [7, 11) is 5.97. The molecule has 5 aromatic carbocycles. The molecule has 126 heavy (non-hydrogen) atoms. The number of amides is 4. The third-order valence-electron chi connectivity index (χ3n) is 20.7. The number of nitrogens with two attached hydrogens (primary N) is 1. The van der Waals surface area contributed by atoms with E-state index in [0.29, 0.717) is 82.1 Å². The Morgan fingerprint density at radius 3 is 1.24 bits per heavy atom. The Labute approximate surface area is 753 Å². The van der Waals surface area contributed by atoms with E-state index in [2.05, 4.69) is 61.8 Å². The van der Waals surface area contributed by atoms with Gasteiger partial charge in [-0.2, -0.15) is 14.9 Å². The molecule has 12 atom stereocenters. The number of alkyl halides is 1. The van der Waals surface area contributed by atoms with Crippen molar-refractivity contribution in [1.29, 1.82) is 5.26 Å². The molecule has 0 bridgehead atoms. The van der Waals surface area contributed by atoms with Gasteiger partial charge in [0, 0.05) is 52.2 Å². The normalized spacial score (nSPS) is 22.7. The molecular weight excluding hydrogens is 1700 g/mol. The van der Waals surface area contributed by atoms with Crippen molar-refractivity contribution in [1.82, 2.24) is 29.8 Å². The predicted molar refractivity (Wildman–Crippen MR) is 472 cm³/mol. The summed E-state index contributed by atoms with van der Waals surface area (Å²) in [6.07, 6.45) is 3.71. The first-order chi connectivity index (χ1) is 58.1. The largest absolute Gasteiger partial charge is 0.468 e. The van der Waals surface area contributed by atoms with Gasteiger partial charge in [0.05, 0.1) is 39.6 Å². The van der Waals surface area contributed by atoms with E-state index in [-0.39, 0.29) is 123 Å². The predicted octanol–water partition coefficient (Wildman–Crippen LogP) is 12.6. The number of likely N-dealkylation sites (N-methyl/N-ethyl adjacent to an activating group) is 2. The van der Waals surface area contributed by atoms with Crippen LogP contribution in [0.25, 0.3) is 14.5 Å². The van der Waals surface area contributed by atoms with Crippen LogP contribution in [0, 0.1) is 31.0 Å². The minimum atomic E-state index is -0.866. The Kier molecular flexibility index (Phi) is 44.7. The maximum atomic E-state index is 13.0. The molecule has 3 N–H and O–H groups in total. The molecule has 10 heterocycles. The number of carbonyl (C=O) groups is 8. The number of hydrogen-bond donors (Lipinski definition) is 2. The third kappa shape index (κ3) is 27.1. The van der Waals surface area contributed by atoms with Crippen LogP contribution < -0.4 is 58.4 Å². The lowest BCUT2D eigenvalue weighted by Gasteiger charge is -2.41. The molecule has 5 fully saturated rings. The quantitative estimate of drug-likeness (QED) is 0.0223. The molecule has 5 aromatic rings. The van der Waals surface area contributed by atoms with Crippen LogP contribution in [-0.2, 0) is 52.6 Å². The van der Waals surface area contributed by atoms with Gasteiger partial charge in [0.2, 0.25) is 62.8 Å². The molecule has 15 rings (SSSR count). The van der Waals surface area contributed by atoms with Gasteiger partial charge in [-0.1, -0.05) is 74.8 Å². The molecule has 0 aromatic heterocycles. The second kappa shape index (κ2) is 51.3. The number of nitrogens with zero attached hydrogens (tertiary/aromatic N) is 10. The third-order valence-corrected chi connectivity index (χ3v) is 21.4. The summed E-state index contributed by atoms with van der Waals surface area (Å²) in [6.45, 7) is 52.2. The lowest BCUT2D eigenvalue weighted by atomic mass is 9.87. The monoisotopic (exact) mass is 1810 g/mol.